The predicted octanol–water partition coefficient (Wildman–Crippen LogP) is 7.51. The first-order valence-corrected chi connectivity index (χ1v) is 18.4. The summed E-state index contributed by atoms with van der Waals surface area (Å²) in [6.45, 7) is 3.88. The van der Waals surface area contributed by atoms with Gasteiger partial charge in [0, 0.05) is 29.2 Å². The maximum Gasteiger partial charge on any atom is 0.182 e. The van der Waals surface area contributed by atoms with Gasteiger partial charge in [0.2, 0.25) is 0 Å². The number of carbonyl (C=O) groups excluding carboxylic acids is 1. The van der Waals surface area contributed by atoms with Gasteiger partial charge < -0.3 is 0 Å². The maximum absolute atomic E-state index is 14.6. The molecule has 2 aliphatic carbocycles. The standard InChI is InChI=1S/C36H35ClO5S2/c1-23-8-12-26(13-9-23)30-20-33-32(22-35(30)43(39,40)28-18-14-27(37)15-19-28)34(38)21-31(25-6-4-3-5-7-25)36(33)44(41,42)29-16-10-24(2)11-17-29/h3-19,30-33,35-36H,20-22H2,1-2H3/t30?,31?,32-,33+,35?,36?/m1/s1. The van der Waals surface area contributed by atoms with Gasteiger partial charge in [-0.25, -0.2) is 16.8 Å². The number of ketones is 1. The van der Waals surface area contributed by atoms with Crippen LogP contribution >= 0.6 is 11.6 Å². The number of halogens is 1. The molecule has 6 atom stereocenters. The Morgan fingerprint density at radius 2 is 1.11 bits per heavy atom. The van der Waals surface area contributed by atoms with Crippen LogP contribution in [0.5, 0.6) is 0 Å². The summed E-state index contributed by atoms with van der Waals surface area (Å²) in [7, 11) is -7.80. The summed E-state index contributed by atoms with van der Waals surface area (Å²) in [4.78, 5) is 14.4. The highest BCUT2D eigenvalue weighted by molar-refractivity contribution is 7.92. The molecule has 6 rings (SSSR count). The highest BCUT2D eigenvalue weighted by Gasteiger charge is 2.56. The van der Waals surface area contributed by atoms with E-state index in [2.05, 4.69) is 0 Å². The molecule has 0 aromatic heterocycles. The number of sulfone groups is 2. The predicted molar refractivity (Wildman–Crippen MR) is 174 cm³/mol. The van der Waals surface area contributed by atoms with Gasteiger partial charge in [-0.3, -0.25) is 4.79 Å². The Labute approximate surface area is 265 Å². The molecule has 0 amide bonds. The molecular formula is C36H35ClO5S2. The Hall–Kier alpha value is -3.26. The molecule has 8 heteroatoms. The molecule has 2 fully saturated rings. The third-order valence-electron chi connectivity index (χ3n) is 9.61. The van der Waals surface area contributed by atoms with Gasteiger partial charge in [-0.2, -0.15) is 0 Å². The Kier molecular flexibility index (Phi) is 8.33. The van der Waals surface area contributed by atoms with E-state index in [-0.39, 0.29) is 34.8 Å². The Bertz CT molecular complexity index is 1870. The second kappa shape index (κ2) is 11.9. The van der Waals surface area contributed by atoms with Gasteiger partial charge in [0.15, 0.2) is 19.7 Å². The summed E-state index contributed by atoms with van der Waals surface area (Å²) >= 11 is 6.08. The van der Waals surface area contributed by atoms with E-state index >= 15 is 0 Å². The molecule has 2 aliphatic rings. The zero-order valence-corrected chi connectivity index (χ0v) is 27.0. The summed E-state index contributed by atoms with van der Waals surface area (Å²) in [5.41, 5.74) is 3.63. The number of carbonyl (C=O) groups is 1. The van der Waals surface area contributed by atoms with Crippen molar-refractivity contribution in [3.8, 4) is 0 Å². The fourth-order valence-corrected chi connectivity index (χ4v) is 11.8. The van der Waals surface area contributed by atoms with Crippen molar-refractivity contribution in [3.05, 3.63) is 130 Å². The lowest BCUT2D eigenvalue weighted by Crippen LogP contribution is -2.53. The molecule has 228 valence electrons. The molecule has 0 radical (unpaired) electrons. The molecule has 4 unspecified atom stereocenters. The summed E-state index contributed by atoms with van der Waals surface area (Å²) in [5.74, 6) is -2.38. The highest BCUT2D eigenvalue weighted by Crippen LogP contribution is 2.54. The summed E-state index contributed by atoms with van der Waals surface area (Å²) < 4.78 is 57.8. The number of aryl methyl sites for hydroxylation is 2. The number of rotatable bonds is 6. The van der Waals surface area contributed by atoms with Crippen molar-refractivity contribution in [2.45, 2.75) is 65.2 Å². The van der Waals surface area contributed by atoms with Crippen LogP contribution in [-0.2, 0) is 24.5 Å². The van der Waals surface area contributed by atoms with Crippen LogP contribution in [0.4, 0.5) is 0 Å². The normalized spacial score (nSPS) is 25.8. The largest absolute Gasteiger partial charge is 0.299 e. The van der Waals surface area contributed by atoms with Crippen molar-refractivity contribution >= 4 is 37.1 Å². The van der Waals surface area contributed by atoms with E-state index in [0.29, 0.717) is 5.02 Å². The molecule has 4 aromatic carbocycles. The quantitative estimate of drug-likeness (QED) is 0.216. The lowest BCUT2D eigenvalue weighted by Gasteiger charge is -2.48. The molecule has 0 aliphatic heterocycles. The van der Waals surface area contributed by atoms with Gasteiger partial charge >= 0.3 is 0 Å². The Balaban J connectivity index is 1.50. The first-order valence-electron chi connectivity index (χ1n) is 14.9. The lowest BCUT2D eigenvalue weighted by atomic mass is 9.61. The summed E-state index contributed by atoms with van der Waals surface area (Å²) in [6, 6.07) is 30.2. The van der Waals surface area contributed by atoms with Crippen molar-refractivity contribution in [2.75, 3.05) is 0 Å². The van der Waals surface area contributed by atoms with E-state index < -0.39 is 53.8 Å². The SMILES string of the molecule is Cc1ccc(C2C[C@@H]3C(S(=O)(=O)c4ccc(C)cc4)C(c4ccccc4)CC(=O)[C@@H]3CC2S(=O)(=O)c2ccc(Cl)cc2)cc1. The molecule has 0 spiro atoms. The van der Waals surface area contributed by atoms with Crippen LogP contribution in [0, 0.1) is 25.7 Å². The van der Waals surface area contributed by atoms with Crippen LogP contribution in [0.3, 0.4) is 0 Å². The topological polar surface area (TPSA) is 85.3 Å². The minimum Gasteiger partial charge on any atom is -0.299 e. The molecule has 4 aromatic rings. The molecule has 2 saturated carbocycles. The molecule has 0 bridgehead atoms. The maximum atomic E-state index is 14.6. The van der Waals surface area contributed by atoms with Crippen LogP contribution in [0.1, 0.15) is 53.4 Å². The monoisotopic (exact) mass is 646 g/mol. The zero-order valence-electron chi connectivity index (χ0n) is 24.6. The van der Waals surface area contributed by atoms with Crippen LogP contribution in [0.15, 0.2) is 113 Å². The minimum absolute atomic E-state index is 0.0455. The highest BCUT2D eigenvalue weighted by atomic mass is 35.5. The molecule has 44 heavy (non-hydrogen) atoms. The van der Waals surface area contributed by atoms with E-state index in [0.717, 1.165) is 22.3 Å². The Morgan fingerprint density at radius 3 is 1.73 bits per heavy atom. The number of Topliss-reactive ketones (excluding diaryl/α,β-unsaturated/α-hetero) is 1. The minimum atomic E-state index is -3.91. The van der Waals surface area contributed by atoms with Gasteiger partial charge in [-0.1, -0.05) is 89.5 Å². The summed E-state index contributed by atoms with van der Waals surface area (Å²) in [6.07, 6.45) is 0.369. The first kappa shape index (κ1) is 30.8. The van der Waals surface area contributed by atoms with Gasteiger partial charge in [-0.05, 0) is 80.1 Å². The summed E-state index contributed by atoms with van der Waals surface area (Å²) in [5, 5.41) is -1.35. The number of hydrogen-bond acceptors (Lipinski definition) is 5. The number of fused-ring (bicyclic) bond motifs is 1. The number of benzene rings is 4. The third-order valence-corrected chi connectivity index (χ3v) is 14.4. The van der Waals surface area contributed by atoms with Crippen molar-refractivity contribution in [1.82, 2.24) is 0 Å². The fourth-order valence-electron chi connectivity index (χ4n) is 7.36. The number of hydrogen-bond donors (Lipinski definition) is 0. The van der Waals surface area contributed by atoms with Crippen molar-refractivity contribution in [3.63, 3.8) is 0 Å². The third kappa shape index (κ3) is 5.66. The van der Waals surface area contributed by atoms with E-state index in [1.165, 1.54) is 12.1 Å². The van der Waals surface area contributed by atoms with Gasteiger partial charge in [-0.15, -0.1) is 0 Å². The second-order valence-corrected chi connectivity index (χ2v) is 17.0. The molecule has 5 nitrogen and oxygen atoms in total. The van der Waals surface area contributed by atoms with Crippen molar-refractivity contribution < 1.29 is 21.6 Å². The van der Waals surface area contributed by atoms with Gasteiger partial charge in [0.25, 0.3) is 0 Å². The zero-order chi connectivity index (χ0) is 31.2. The molecule has 0 heterocycles. The van der Waals surface area contributed by atoms with Crippen molar-refractivity contribution in [2.24, 2.45) is 11.8 Å². The fraction of sp³-hybridized carbons (Fsp3) is 0.306. The van der Waals surface area contributed by atoms with Crippen LogP contribution in [-0.4, -0.2) is 33.1 Å². The van der Waals surface area contributed by atoms with Crippen LogP contribution < -0.4 is 0 Å². The van der Waals surface area contributed by atoms with E-state index in [4.69, 9.17) is 11.6 Å². The molecule has 0 saturated heterocycles. The average Bonchev–Trinajstić information content (AvgIpc) is 3.01. The van der Waals surface area contributed by atoms with Crippen LogP contribution in [0.25, 0.3) is 0 Å². The molecular weight excluding hydrogens is 612 g/mol. The van der Waals surface area contributed by atoms with E-state index in [9.17, 15) is 21.6 Å². The van der Waals surface area contributed by atoms with Crippen molar-refractivity contribution in [1.29, 1.82) is 0 Å². The van der Waals surface area contributed by atoms with Crippen LogP contribution in [0.2, 0.25) is 5.02 Å². The van der Waals surface area contributed by atoms with E-state index in [1.807, 2.05) is 68.4 Å². The van der Waals surface area contributed by atoms with Gasteiger partial charge in [0.1, 0.15) is 5.78 Å². The molecule has 0 N–H and O–H groups in total. The first-order chi connectivity index (χ1) is 21.0. The smallest absolute Gasteiger partial charge is 0.182 e. The Morgan fingerprint density at radius 1 is 0.591 bits per heavy atom. The van der Waals surface area contributed by atoms with E-state index in [1.54, 1.807) is 36.4 Å². The van der Waals surface area contributed by atoms with Gasteiger partial charge in [0.05, 0.1) is 20.3 Å². The lowest BCUT2D eigenvalue weighted by molar-refractivity contribution is -0.128. The average molecular weight is 647 g/mol. The second-order valence-electron chi connectivity index (χ2n) is 12.3.